The zero-order valence-corrected chi connectivity index (χ0v) is 16.4. The molecule has 1 aromatic carbocycles. The molecule has 0 saturated carbocycles. The van der Waals surface area contributed by atoms with Gasteiger partial charge >= 0.3 is 0 Å². The Kier molecular flexibility index (Phi) is 13.3. The lowest BCUT2D eigenvalue weighted by Gasteiger charge is -2.10. The minimum Gasteiger partial charge on any atom is -0.377 e. The lowest BCUT2D eigenvalue weighted by atomic mass is 10.1. The van der Waals surface area contributed by atoms with E-state index in [1.54, 1.807) is 0 Å². The highest BCUT2D eigenvalue weighted by molar-refractivity contribution is 14.0. The van der Waals surface area contributed by atoms with E-state index in [-0.39, 0.29) is 24.0 Å². The molecule has 0 atom stereocenters. The Morgan fingerprint density at radius 1 is 1.05 bits per heavy atom. The fourth-order valence-corrected chi connectivity index (χ4v) is 1.86. The van der Waals surface area contributed by atoms with Gasteiger partial charge in [0.25, 0.3) is 0 Å². The Morgan fingerprint density at radius 2 is 1.73 bits per heavy atom. The molecule has 1 aromatic rings. The first-order valence-corrected chi connectivity index (χ1v) is 7.97. The Hall–Kier alpha value is -0.820. The van der Waals surface area contributed by atoms with Gasteiger partial charge in [0.2, 0.25) is 0 Å². The molecule has 0 saturated heterocycles. The summed E-state index contributed by atoms with van der Waals surface area (Å²) in [5.41, 5.74) is 2.42. The van der Waals surface area contributed by atoms with Crippen LogP contribution in [0.4, 0.5) is 0 Å². The van der Waals surface area contributed by atoms with Crippen LogP contribution < -0.4 is 10.6 Å². The number of guanidine groups is 1. The van der Waals surface area contributed by atoms with Gasteiger partial charge in [-0.2, -0.15) is 0 Å². The Morgan fingerprint density at radius 3 is 2.32 bits per heavy atom. The molecule has 0 aliphatic rings. The van der Waals surface area contributed by atoms with Crippen LogP contribution in [0.5, 0.6) is 0 Å². The highest BCUT2D eigenvalue weighted by Gasteiger charge is 1.98. The van der Waals surface area contributed by atoms with Crippen molar-refractivity contribution in [1.29, 1.82) is 0 Å². The van der Waals surface area contributed by atoms with E-state index in [0.29, 0.717) is 13.2 Å². The predicted octanol–water partition coefficient (Wildman–Crippen LogP) is 3.70. The van der Waals surface area contributed by atoms with E-state index in [0.717, 1.165) is 32.1 Å². The third-order valence-electron chi connectivity index (χ3n) is 3.08. The molecule has 0 bridgehead atoms. The molecule has 22 heavy (non-hydrogen) atoms. The van der Waals surface area contributed by atoms with Crippen molar-refractivity contribution in [2.24, 2.45) is 4.99 Å². The number of rotatable bonds is 9. The molecule has 0 unspecified atom stereocenters. The normalized spacial score (nSPS) is 11.0. The topological polar surface area (TPSA) is 45.7 Å². The summed E-state index contributed by atoms with van der Waals surface area (Å²) in [4.78, 5) is 4.61. The van der Waals surface area contributed by atoms with Crippen molar-refractivity contribution in [2.75, 3.05) is 19.7 Å². The van der Waals surface area contributed by atoms with Crippen LogP contribution in [-0.4, -0.2) is 25.7 Å². The Bertz CT molecular complexity index is 407. The summed E-state index contributed by atoms with van der Waals surface area (Å²) in [5, 5.41) is 6.62. The summed E-state index contributed by atoms with van der Waals surface area (Å²) in [6.07, 6.45) is 2.35. The van der Waals surface area contributed by atoms with Crippen LogP contribution in [0.1, 0.15) is 44.7 Å². The molecular formula is C17H30IN3O. The van der Waals surface area contributed by atoms with E-state index in [4.69, 9.17) is 4.74 Å². The molecule has 5 heteroatoms. The number of ether oxygens (including phenoxy) is 1. The average molecular weight is 419 g/mol. The molecule has 0 aliphatic heterocycles. The molecule has 0 heterocycles. The Labute approximate surface area is 152 Å². The fourth-order valence-electron chi connectivity index (χ4n) is 1.86. The predicted molar refractivity (Wildman–Crippen MR) is 105 cm³/mol. The first kappa shape index (κ1) is 21.2. The highest BCUT2D eigenvalue weighted by Crippen LogP contribution is 2.07. The van der Waals surface area contributed by atoms with Gasteiger partial charge in [0, 0.05) is 19.7 Å². The molecule has 1 rings (SSSR count). The smallest absolute Gasteiger partial charge is 0.191 e. The van der Waals surface area contributed by atoms with E-state index < -0.39 is 0 Å². The highest BCUT2D eigenvalue weighted by atomic mass is 127. The molecule has 0 fully saturated rings. The second-order valence-electron chi connectivity index (χ2n) is 4.93. The Balaban J connectivity index is 0.00000441. The summed E-state index contributed by atoms with van der Waals surface area (Å²) >= 11 is 0. The van der Waals surface area contributed by atoms with Crippen LogP contribution in [-0.2, 0) is 17.9 Å². The van der Waals surface area contributed by atoms with Crippen molar-refractivity contribution in [3.8, 4) is 0 Å². The standard InChI is InChI=1S/C17H29N3O.HI/c1-4-7-12-19-17(18-5-2)20-13-15-8-10-16(11-9-15)14-21-6-3;/h8-11H,4-7,12-14H2,1-3H3,(H2,18,19,20);1H. The quantitative estimate of drug-likeness (QED) is 0.278. The van der Waals surface area contributed by atoms with E-state index in [1.807, 2.05) is 6.92 Å². The summed E-state index contributed by atoms with van der Waals surface area (Å²) in [6.45, 7) is 10.3. The first-order valence-electron chi connectivity index (χ1n) is 7.97. The lowest BCUT2D eigenvalue weighted by Crippen LogP contribution is -2.37. The van der Waals surface area contributed by atoms with Gasteiger partial charge in [-0.1, -0.05) is 37.6 Å². The van der Waals surface area contributed by atoms with Gasteiger partial charge < -0.3 is 15.4 Å². The van der Waals surface area contributed by atoms with Crippen LogP contribution in [0.3, 0.4) is 0 Å². The van der Waals surface area contributed by atoms with Crippen LogP contribution in [0, 0.1) is 0 Å². The molecule has 126 valence electrons. The number of halogens is 1. The van der Waals surface area contributed by atoms with Gasteiger partial charge in [-0.25, -0.2) is 4.99 Å². The number of benzene rings is 1. The second kappa shape index (κ2) is 13.8. The van der Waals surface area contributed by atoms with Crippen LogP contribution >= 0.6 is 24.0 Å². The van der Waals surface area contributed by atoms with Gasteiger partial charge in [-0.3, -0.25) is 0 Å². The van der Waals surface area contributed by atoms with Crippen molar-refractivity contribution >= 4 is 29.9 Å². The lowest BCUT2D eigenvalue weighted by molar-refractivity contribution is 0.134. The molecule has 0 radical (unpaired) electrons. The number of hydrogen-bond acceptors (Lipinski definition) is 2. The van der Waals surface area contributed by atoms with E-state index in [9.17, 15) is 0 Å². The summed E-state index contributed by atoms with van der Waals surface area (Å²) in [6, 6.07) is 8.46. The molecule has 0 amide bonds. The van der Waals surface area contributed by atoms with Gasteiger partial charge in [0.1, 0.15) is 0 Å². The summed E-state index contributed by atoms with van der Waals surface area (Å²) < 4.78 is 5.40. The average Bonchev–Trinajstić information content (AvgIpc) is 2.52. The van der Waals surface area contributed by atoms with Gasteiger partial charge in [-0.05, 0) is 31.4 Å². The first-order chi connectivity index (χ1) is 10.3. The SMILES string of the molecule is CCCCNC(=NCc1ccc(COCC)cc1)NCC.I. The number of nitrogens with zero attached hydrogens (tertiary/aromatic N) is 1. The third-order valence-corrected chi connectivity index (χ3v) is 3.08. The van der Waals surface area contributed by atoms with Crippen molar-refractivity contribution in [3.05, 3.63) is 35.4 Å². The number of aliphatic imine (C=N–C) groups is 1. The van der Waals surface area contributed by atoms with Crippen LogP contribution in [0.25, 0.3) is 0 Å². The molecular weight excluding hydrogens is 389 g/mol. The van der Waals surface area contributed by atoms with Crippen molar-refractivity contribution in [3.63, 3.8) is 0 Å². The number of hydrogen-bond donors (Lipinski definition) is 2. The zero-order valence-electron chi connectivity index (χ0n) is 14.0. The maximum absolute atomic E-state index is 5.40. The maximum atomic E-state index is 5.40. The molecule has 2 N–H and O–H groups in total. The van der Waals surface area contributed by atoms with Crippen LogP contribution in [0.2, 0.25) is 0 Å². The van der Waals surface area contributed by atoms with E-state index in [1.165, 1.54) is 17.5 Å². The third kappa shape index (κ3) is 9.25. The molecule has 0 aromatic heterocycles. The second-order valence-corrected chi connectivity index (χ2v) is 4.93. The maximum Gasteiger partial charge on any atom is 0.191 e. The largest absolute Gasteiger partial charge is 0.377 e. The number of unbranched alkanes of at least 4 members (excludes halogenated alkanes) is 1. The summed E-state index contributed by atoms with van der Waals surface area (Å²) in [7, 11) is 0. The van der Waals surface area contributed by atoms with Gasteiger partial charge in [0.05, 0.1) is 13.2 Å². The van der Waals surface area contributed by atoms with Crippen molar-refractivity contribution < 1.29 is 4.74 Å². The van der Waals surface area contributed by atoms with Crippen molar-refractivity contribution in [1.82, 2.24) is 10.6 Å². The minimum absolute atomic E-state index is 0. The zero-order chi connectivity index (χ0) is 15.3. The monoisotopic (exact) mass is 419 g/mol. The summed E-state index contributed by atoms with van der Waals surface area (Å²) in [5.74, 6) is 0.893. The number of nitrogens with one attached hydrogen (secondary N) is 2. The van der Waals surface area contributed by atoms with Gasteiger partial charge in [-0.15, -0.1) is 24.0 Å². The fraction of sp³-hybridized carbons (Fsp3) is 0.588. The molecule has 0 spiro atoms. The van der Waals surface area contributed by atoms with E-state index >= 15 is 0 Å². The minimum atomic E-state index is 0. The van der Waals surface area contributed by atoms with Crippen LogP contribution in [0.15, 0.2) is 29.3 Å². The van der Waals surface area contributed by atoms with E-state index in [2.05, 4.69) is 53.7 Å². The molecule has 0 aliphatic carbocycles. The van der Waals surface area contributed by atoms with Crippen molar-refractivity contribution in [2.45, 2.75) is 46.8 Å². The van der Waals surface area contributed by atoms with Gasteiger partial charge in [0.15, 0.2) is 5.96 Å². The molecule has 4 nitrogen and oxygen atoms in total.